The Balaban J connectivity index is 3.09. The number of benzene rings is 1. The molecule has 1 rings (SSSR count). The molecule has 0 fully saturated rings. The zero-order valence-corrected chi connectivity index (χ0v) is 9.65. The van der Waals surface area contributed by atoms with Crippen molar-refractivity contribution in [3.05, 3.63) is 52.1 Å². The van der Waals surface area contributed by atoms with Gasteiger partial charge in [0.15, 0.2) is 0 Å². The smallest absolute Gasteiger partial charge is 0.0363 e. The Kier molecular flexibility index (Phi) is 3.54. The molecule has 0 aliphatic rings. The van der Waals surface area contributed by atoms with Crippen LogP contribution in [0.4, 0.5) is 0 Å². The average molecular weight is 207 g/mol. The molecule has 0 radical (unpaired) electrons. The Morgan fingerprint density at radius 1 is 1.36 bits per heavy atom. The highest BCUT2D eigenvalue weighted by Crippen LogP contribution is 2.18. The maximum Gasteiger partial charge on any atom is 0.0363 e. The molecule has 0 aliphatic heterocycles. The summed E-state index contributed by atoms with van der Waals surface area (Å²) < 4.78 is 0. The van der Waals surface area contributed by atoms with Crippen LogP contribution in [0, 0.1) is 13.8 Å². The highest BCUT2D eigenvalue weighted by molar-refractivity contribution is 6.31. The minimum absolute atomic E-state index is 0.602. The molecule has 0 amide bonds. The van der Waals surface area contributed by atoms with Gasteiger partial charge in [-0.15, -0.1) is 0 Å². The topological polar surface area (TPSA) is 0 Å². The van der Waals surface area contributed by atoms with Crippen LogP contribution in [0.2, 0.25) is 0 Å². The van der Waals surface area contributed by atoms with Crippen LogP contribution in [0.3, 0.4) is 0 Å². The summed E-state index contributed by atoms with van der Waals surface area (Å²) in [5.74, 6) is 0. The summed E-state index contributed by atoms with van der Waals surface area (Å²) in [5, 5.41) is 0.602. The molecular formula is C13H15Cl. The van der Waals surface area contributed by atoms with Crippen molar-refractivity contribution in [2.45, 2.75) is 20.8 Å². The summed E-state index contributed by atoms with van der Waals surface area (Å²) in [5.41, 5.74) is 4.76. The third-order valence-electron chi connectivity index (χ3n) is 2.23. The fourth-order valence-corrected chi connectivity index (χ4v) is 1.35. The second kappa shape index (κ2) is 4.47. The van der Waals surface area contributed by atoms with E-state index < -0.39 is 0 Å². The van der Waals surface area contributed by atoms with Gasteiger partial charge in [0.1, 0.15) is 0 Å². The Morgan fingerprint density at radius 2 is 2.00 bits per heavy atom. The van der Waals surface area contributed by atoms with Gasteiger partial charge in [-0.05, 0) is 37.5 Å². The van der Waals surface area contributed by atoms with E-state index in [1.807, 2.05) is 6.92 Å². The molecule has 0 N–H and O–H groups in total. The van der Waals surface area contributed by atoms with Crippen molar-refractivity contribution < 1.29 is 0 Å². The lowest BCUT2D eigenvalue weighted by Gasteiger charge is -2.03. The molecule has 0 saturated carbocycles. The first-order valence-electron chi connectivity index (χ1n) is 4.61. The van der Waals surface area contributed by atoms with E-state index in [0.29, 0.717) is 5.03 Å². The van der Waals surface area contributed by atoms with Crippen LogP contribution in [0.25, 0.3) is 6.08 Å². The Labute approximate surface area is 90.9 Å². The van der Waals surface area contributed by atoms with Gasteiger partial charge in [0.2, 0.25) is 0 Å². The van der Waals surface area contributed by atoms with Gasteiger partial charge in [-0.1, -0.05) is 48.0 Å². The average Bonchev–Trinajstić information content (AvgIpc) is 2.09. The van der Waals surface area contributed by atoms with Gasteiger partial charge < -0.3 is 0 Å². The molecular weight excluding hydrogens is 192 g/mol. The van der Waals surface area contributed by atoms with Gasteiger partial charge in [-0.25, -0.2) is 0 Å². The SMILES string of the molecule is C=C(Cl)/C(C)=C\c1ccc(C)cc1C. The fraction of sp³-hybridized carbons (Fsp3) is 0.231. The van der Waals surface area contributed by atoms with Crippen molar-refractivity contribution in [2.75, 3.05) is 0 Å². The third kappa shape index (κ3) is 2.74. The number of hydrogen-bond acceptors (Lipinski definition) is 0. The monoisotopic (exact) mass is 206 g/mol. The highest BCUT2D eigenvalue weighted by Gasteiger charge is 1.97. The van der Waals surface area contributed by atoms with E-state index in [1.54, 1.807) is 0 Å². The lowest BCUT2D eigenvalue weighted by molar-refractivity contribution is 1.36. The van der Waals surface area contributed by atoms with Gasteiger partial charge in [0.05, 0.1) is 0 Å². The van der Waals surface area contributed by atoms with Crippen LogP contribution in [0.1, 0.15) is 23.6 Å². The number of halogens is 1. The van der Waals surface area contributed by atoms with Crippen molar-refractivity contribution >= 4 is 17.7 Å². The Morgan fingerprint density at radius 3 is 2.50 bits per heavy atom. The molecule has 0 saturated heterocycles. The summed E-state index contributed by atoms with van der Waals surface area (Å²) in [6.45, 7) is 9.85. The zero-order valence-electron chi connectivity index (χ0n) is 8.89. The molecule has 0 unspecified atom stereocenters. The minimum atomic E-state index is 0.602. The first-order chi connectivity index (χ1) is 6.50. The molecule has 0 aromatic heterocycles. The second-order valence-corrected chi connectivity index (χ2v) is 4.05. The number of allylic oxidation sites excluding steroid dienone is 2. The summed E-state index contributed by atoms with van der Waals surface area (Å²) in [6.07, 6.45) is 2.06. The molecule has 1 aromatic rings. The Hall–Kier alpha value is -1.01. The lowest BCUT2D eigenvalue weighted by Crippen LogP contribution is -1.83. The fourth-order valence-electron chi connectivity index (χ4n) is 1.30. The van der Waals surface area contributed by atoms with Crippen LogP contribution >= 0.6 is 11.6 Å². The van der Waals surface area contributed by atoms with Gasteiger partial charge in [0, 0.05) is 5.03 Å². The molecule has 0 nitrogen and oxygen atoms in total. The van der Waals surface area contributed by atoms with E-state index >= 15 is 0 Å². The summed E-state index contributed by atoms with van der Waals surface area (Å²) in [4.78, 5) is 0. The second-order valence-electron chi connectivity index (χ2n) is 3.59. The third-order valence-corrected chi connectivity index (χ3v) is 2.52. The van der Waals surface area contributed by atoms with Crippen LogP contribution in [-0.4, -0.2) is 0 Å². The van der Waals surface area contributed by atoms with Crippen molar-refractivity contribution in [3.63, 3.8) is 0 Å². The van der Waals surface area contributed by atoms with Crippen LogP contribution < -0.4 is 0 Å². The van der Waals surface area contributed by atoms with Crippen molar-refractivity contribution in [1.82, 2.24) is 0 Å². The summed E-state index contributed by atoms with van der Waals surface area (Å²) in [6, 6.07) is 6.37. The molecule has 14 heavy (non-hydrogen) atoms. The van der Waals surface area contributed by atoms with E-state index in [9.17, 15) is 0 Å². The predicted molar refractivity (Wildman–Crippen MR) is 64.6 cm³/mol. The first-order valence-corrected chi connectivity index (χ1v) is 4.99. The van der Waals surface area contributed by atoms with Crippen LogP contribution in [0.15, 0.2) is 35.4 Å². The summed E-state index contributed by atoms with van der Waals surface area (Å²) in [7, 11) is 0. The van der Waals surface area contributed by atoms with E-state index in [2.05, 4.69) is 44.7 Å². The molecule has 0 heterocycles. The van der Waals surface area contributed by atoms with Gasteiger partial charge in [0.25, 0.3) is 0 Å². The molecule has 0 spiro atoms. The maximum absolute atomic E-state index is 5.80. The molecule has 0 bridgehead atoms. The molecule has 74 valence electrons. The normalized spacial score (nSPS) is 11.6. The zero-order chi connectivity index (χ0) is 10.7. The van der Waals surface area contributed by atoms with Crippen LogP contribution in [0.5, 0.6) is 0 Å². The predicted octanol–water partition coefficient (Wildman–Crippen LogP) is 4.46. The number of rotatable bonds is 2. The minimum Gasteiger partial charge on any atom is -0.0847 e. The van der Waals surface area contributed by atoms with Gasteiger partial charge in [-0.3, -0.25) is 0 Å². The maximum atomic E-state index is 5.80. The summed E-state index contributed by atoms with van der Waals surface area (Å²) >= 11 is 5.80. The van der Waals surface area contributed by atoms with E-state index in [4.69, 9.17) is 11.6 Å². The molecule has 1 heteroatoms. The van der Waals surface area contributed by atoms with E-state index in [-0.39, 0.29) is 0 Å². The van der Waals surface area contributed by atoms with Crippen molar-refractivity contribution in [1.29, 1.82) is 0 Å². The first kappa shape index (κ1) is 11.1. The molecule has 1 aromatic carbocycles. The van der Waals surface area contributed by atoms with Crippen molar-refractivity contribution in [3.8, 4) is 0 Å². The van der Waals surface area contributed by atoms with Gasteiger partial charge in [-0.2, -0.15) is 0 Å². The molecule has 0 aliphatic carbocycles. The van der Waals surface area contributed by atoms with Crippen molar-refractivity contribution in [2.24, 2.45) is 0 Å². The van der Waals surface area contributed by atoms with Gasteiger partial charge >= 0.3 is 0 Å². The standard InChI is InChI=1S/C13H15Cl/c1-9-5-6-13(11(3)7-9)8-10(2)12(4)14/h5-8H,4H2,1-3H3/b10-8-. The van der Waals surface area contributed by atoms with Crippen LogP contribution in [-0.2, 0) is 0 Å². The molecule has 0 atom stereocenters. The number of hydrogen-bond donors (Lipinski definition) is 0. The van der Waals surface area contributed by atoms with E-state index in [1.165, 1.54) is 16.7 Å². The lowest BCUT2D eigenvalue weighted by atomic mass is 10.0. The highest BCUT2D eigenvalue weighted by atomic mass is 35.5. The Bertz CT molecular complexity index is 386. The van der Waals surface area contributed by atoms with E-state index in [0.717, 1.165) is 5.57 Å². The largest absolute Gasteiger partial charge is 0.0847 e. The number of aryl methyl sites for hydroxylation is 2. The quantitative estimate of drug-likeness (QED) is 0.627.